The van der Waals surface area contributed by atoms with Crippen LogP contribution in [0.1, 0.15) is 34.8 Å². The van der Waals surface area contributed by atoms with Gasteiger partial charge in [0.05, 0.1) is 5.69 Å². The lowest BCUT2D eigenvalue weighted by molar-refractivity contribution is -0.140. The normalized spacial score (nSPS) is 13.0. The molecule has 1 unspecified atom stereocenters. The Morgan fingerprint density at radius 2 is 1.57 bits per heavy atom. The maximum atomic E-state index is 14.2. The van der Waals surface area contributed by atoms with Crippen LogP contribution in [0.2, 0.25) is 10.0 Å². The number of nitrogens with one attached hydrogen (secondary N) is 1. The molecule has 40 heavy (non-hydrogen) atoms. The van der Waals surface area contributed by atoms with Gasteiger partial charge in [-0.2, -0.15) is 0 Å². The van der Waals surface area contributed by atoms with Gasteiger partial charge in [0.1, 0.15) is 12.6 Å². The Morgan fingerprint density at radius 1 is 0.900 bits per heavy atom. The zero-order chi connectivity index (χ0) is 28.2. The highest BCUT2D eigenvalue weighted by atomic mass is 35.5. The van der Waals surface area contributed by atoms with Gasteiger partial charge in [-0.15, -0.1) is 0 Å². The Balaban J connectivity index is 1.53. The van der Waals surface area contributed by atoms with Gasteiger partial charge in [0.2, 0.25) is 11.8 Å². The van der Waals surface area contributed by atoms with Crippen molar-refractivity contribution in [3.63, 3.8) is 0 Å². The predicted octanol–water partition coefficient (Wildman–Crippen LogP) is 6.27. The second-order valence-corrected chi connectivity index (χ2v) is 10.6. The number of rotatable bonds is 10. The van der Waals surface area contributed by atoms with Crippen molar-refractivity contribution in [2.75, 3.05) is 18.0 Å². The molecule has 1 aliphatic rings. The van der Waals surface area contributed by atoms with E-state index in [-0.39, 0.29) is 37.2 Å². The Morgan fingerprint density at radius 3 is 2.27 bits per heavy atom. The van der Waals surface area contributed by atoms with Crippen molar-refractivity contribution in [3.8, 4) is 0 Å². The summed E-state index contributed by atoms with van der Waals surface area (Å²) in [7, 11) is 0. The van der Waals surface area contributed by atoms with Crippen LogP contribution in [0.15, 0.2) is 84.9 Å². The Kier molecular flexibility index (Phi) is 8.38. The summed E-state index contributed by atoms with van der Waals surface area (Å²) >= 11 is 13.1. The second kappa shape index (κ2) is 12.1. The van der Waals surface area contributed by atoms with Gasteiger partial charge in [0, 0.05) is 46.1 Å². The molecule has 8 heteroatoms. The number of carbonyl (C=O) groups is 3. The van der Waals surface area contributed by atoms with Crippen LogP contribution in [0.3, 0.4) is 0 Å². The smallest absolute Gasteiger partial charge is 0.259 e. The largest absolute Gasteiger partial charge is 0.354 e. The number of nitrogens with zero attached hydrogens (tertiary/aromatic N) is 2. The lowest BCUT2D eigenvalue weighted by Gasteiger charge is -2.33. The first-order valence-corrected chi connectivity index (χ1v) is 14.0. The molecule has 0 fully saturated rings. The van der Waals surface area contributed by atoms with E-state index in [1.165, 1.54) is 9.80 Å². The number of hydrogen-bond donors (Lipinski definition) is 1. The average Bonchev–Trinajstić information content (AvgIpc) is 3.23. The van der Waals surface area contributed by atoms with Crippen molar-refractivity contribution in [1.82, 2.24) is 10.2 Å². The zero-order valence-corrected chi connectivity index (χ0v) is 23.6. The van der Waals surface area contributed by atoms with Crippen LogP contribution in [-0.2, 0) is 22.6 Å². The molecule has 5 rings (SSSR count). The number of amides is 3. The first kappa shape index (κ1) is 27.7. The quantitative estimate of drug-likeness (QED) is 0.243. The number of halogens is 2. The summed E-state index contributed by atoms with van der Waals surface area (Å²) in [5.74, 6) is -0.909. The monoisotopic (exact) mass is 573 g/mol. The molecule has 0 saturated carbocycles. The Labute approximate surface area is 243 Å². The summed E-state index contributed by atoms with van der Waals surface area (Å²) in [6.45, 7) is 2.21. The van der Waals surface area contributed by atoms with E-state index >= 15 is 0 Å². The van der Waals surface area contributed by atoms with Crippen LogP contribution >= 0.6 is 23.2 Å². The highest BCUT2D eigenvalue weighted by Crippen LogP contribution is 2.37. The maximum Gasteiger partial charge on any atom is 0.259 e. The molecule has 1 heterocycles. The van der Waals surface area contributed by atoms with Crippen LogP contribution in [0.25, 0.3) is 10.8 Å². The predicted molar refractivity (Wildman–Crippen MR) is 160 cm³/mol. The molecule has 4 aromatic rings. The fraction of sp³-hybridized carbons (Fsp3) is 0.219. The third kappa shape index (κ3) is 5.55. The van der Waals surface area contributed by atoms with Crippen LogP contribution in [0, 0.1) is 0 Å². The van der Waals surface area contributed by atoms with Gasteiger partial charge in [-0.1, -0.05) is 90.8 Å². The van der Waals surface area contributed by atoms with Crippen LogP contribution in [0.4, 0.5) is 5.69 Å². The lowest BCUT2D eigenvalue weighted by atomic mass is 10.0. The van der Waals surface area contributed by atoms with Crippen LogP contribution in [0.5, 0.6) is 0 Å². The lowest BCUT2D eigenvalue weighted by Crippen LogP contribution is -2.53. The molecule has 1 atom stereocenters. The van der Waals surface area contributed by atoms with Gasteiger partial charge in [-0.3, -0.25) is 19.3 Å². The molecule has 1 aliphatic heterocycles. The van der Waals surface area contributed by atoms with Gasteiger partial charge >= 0.3 is 0 Å². The van der Waals surface area contributed by atoms with E-state index in [1.807, 2.05) is 67.6 Å². The van der Waals surface area contributed by atoms with E-state index in [4.69, 9.17) is 23.2 Å². The summed E-state index contributed by atoms with van der Waals surface area (Å²) in [5, 5.41) is 5.50. The van der Waals surface area contributed by atoms with Crippen molar-refractivity contribution in [1.29, 1.82) is 0 Å². The van der Waals surface area contributed by atoms with Crippen LogP contribution < -0.4 is 10.2 Å². The fourth-order valence-electron chi connectivity index (χ4n) is 5.14. The standard InChI is InChI=1S/C32H29Cl2N3O3/c1-2-17-35-31(39)28(18-21-9-4-3-5-10-21)36(19-24-25(33)14-8-15-26(24)34)29(38)20-37-27-16-7-12-22-11-6-13-23(30(22)27)32(37)40/h3-16,28H,2,17-20H2,1H3,(H,35,39). The van der Waals surface area contributed by atoms with E-state index < -0.39 is 6.04 Å². The van der Waals surface area contributed by atoms with Gasteiger partial charge in [-0.05, 0) is 41.6 Å². The van der Waals surface area contributed by atoms with E-state index in [9.17, 15) is 14.4 Å². The summed E-state index contributed by atoms with van der Waals surface area (Å²) in [6, 6.07) is 25.0. The first-order chi connectivity index (χ1) is 19.4. The van der Waals surface area contributed by atoms with Gasteiger partial charge in [-0.25, -0.2) is 0 Å². The zero-order valence-electron chi connectivity index (χ0n) is 22.1. The number of benzene rings is 4. The molecule has 6 nitrogen and oxygen atoms in total. The van der Waals surface area contributed by atoms with Crippen molar-refractivity contribution in [3.05, 3.63) is 112 Å². The highest BCUT2D eigenvalue weighted by molar-refractivity contribution is 6.36. The molecule has 0 saturated heterocycles. The van der Waals surface area contributed by atoms with Crippen molar-refractivity contribution in [2.45, 2.75) is 32.4 Å². The van der Waals surface area contributed by atoms with Gasteiger partial charge in [0.15, 0.2) is 0 Å². The van der Waals surface area contributed by atoms with Crippen molar-refractivity contribution in [2.24, 2.45) is 0 Å². The van der Waals surface area contributed by atoms with E-state index in [1.54, 1.807) is 24.3 Å². The summed E-state index contributed by atoms with van der Waals surface area (Å²) in [6.07, 6.45) is 1.03. The summed E-state index contributed by atoms with van der Waals surface area (Å²) in [5.41, 5.74) is 2.68. The molecule has 204 valence electrons. The highest BCUT2D eigenvalue weighted by Gasteiger charge is 2.36. The SMILES string of the molecule is CCCNC(=O)C(Cc1ccccc1)N(Cc1c(Cl)cccc1Cl)C(=O)CN1C(=O)c2cccc3cccc1c23. The third-order valence-electron chi connectivity index (χ3n) is 7.15. The van der Waals surface area contributed by atoms with Crippen molar-refractivity contribution < 1.29 is 14.4 Å². The third-order valence-corrected chi connectivity index (χ3v) is 7.86. The molecule has 1 N–H and O–H groups in total. The minimum absolute atomic E-state index is 0.00750. The van der Waals surface area contributed by atoms with Crippen molar-refractivity contribution >= 4 is 57.4 Å². The van der Waals surface area contributed by atoms with E-state index in [0.717, 1.165) is 22.8 Å². The fourth-order valence-corrected chi connectivity index (χ4v) is 5.65. The maximum absolute atomic E-state index is 14.2. The summed E-state index contributed by atoms with van der Waals surface area (Å²) < 4.78 is 0. The molecule has 0 bridgehead atoms. The average molecular weight is 575 g/mol. The number of carbonyl (C=O) groups excluding carboxylic acids is 3. The molecule has 0 radical (unpaired) electrons. The molecule has 0 spiro atoms. The van der Waals surface area contributed by atoms with E-state index in [0.29, 0.717) is 33.4 Å². The minimum Gasteiger partial charge on any atom is -0.354 e. The summed E-state index contributed by atoms with van der Waals surface area (Å²) in [4.78, 5) is 44.3. The first-order valence-electron chi connectivity index (χ1n) is 13.3. The topological polar surface area (TPSA) is 69.7 Å². The molecular weight excluding hydrogens is 545 g/mol. The molecule has 0 aliphatic carbocycles. The van der Waals surface area contributed by atoms with E-state index in [2.05, 4.69) is 5.32 Å². The van der Waals surface area contributed by atoms with Crippen LogP contribution in [-0.4, -0.2) is 41.8 Å². The molecular formula is C32H29Cl2N3O3. The van der Waals surface area contributed by atoms with Gasteiger partial charge < -0.3 is 10.2 Å². The number of anilines is 1. The minimum atomic E-state index is -0.857. The van der Waals surface area contributed by atoms with Gasteiger partial charge in [0.25, 0.3) is 5.91 Å². The number of hydrogen-bond acceptors (Lipinski definition) is 3. The molecule has 0 aromatic heterocycles. The molecule has 4 aromatic carbocycles. The molecule has 3 amide bonds. The Bertz CT molecular complexity index is 1550. The Hall–Kier alpha value is -3.87. The second-order valence-electron chi connectivity index (χ2n) is 9.79.